The first kappa shape index (κ1) is 26.5. The van der Waals surface area contributed by atoms with Gasteiger partial charge in [-0.25, -0.2) is 0 Å². The number of amides is 2. The first-order valence-corrected chi connectivity index (χ1v) is 9.67. The Kier molecular flexibility index (Phi) is 11.5. The van der Waals surface area contributed by atoms with E-state index >= 15 is 0 Å². The predicted octanol–water partition coefficient (Wildman–Crippen LogP) is 1.03. The SMILES string of the molecule is CCC(CCOC)N(C)C(C)(C)C(=O)NC(=O)C=C(N)C(C)(C)COCCO. The number of methoxy groups -OCH3 is 1. The first-order valence-electron chi connectivity index (χ1n) is 9.67. The lowest BCUT2D eigenvalue weighted by Crippen LogP contribution is -2.57. The molecule has 0 bridgehead atoms. The largest absolute Gasteiger partial charge is 0.401 e. The van der Waals surface area contributed by atoms with E-state index in [-0.39, 0.29) is 25.9 Å². The Balaban J connectivity index is 5.04. The number of aliphatic hydroxyl groups excluding tert-OH is 1. The molecule has 8 heteroatoms. The quantitative estimate of drug-likeness (QED) is 0.312. The molecule has 0 spiro atoms. The fraction of sp³-hybridized carbons (Fsp3) is 0.800. The molecule has 0 radical (unpaired) electrons. The van der Waals surface area contributed by atoms with Crippen LogP contribution < -0.4 is 11.1 Å². The molecule has 0 rings (SSSR count). The zero-order chi connectivity index (χ0) is 22.0. The summed E-state index contributed by atoms with van der Waals surface area (Å²) in [5.74, 6) is -0.960. The zero-order valence-electron chi connectivity index (χ0n) is 18.5. The second-order valence-electron chi connectivity index (χ2n) is 8.09. The normalized spacial score (nSPS) is 14.2. The second kappa shape index (κ2) is 12.2. The third-order valence-electron chi connectivity index (χ3n) is 5.11. The molecule has 4 N–H and O–H groups in total. The summed E-state index contributed by atoms with van der Waals surface area (Å²) in [5.41, 5.74) is 4.84. The minimum atomic E-state index is -0.883. The van der Waals surface area contributed by atoms with E-state index in [0.717, 1.165) is 12.8 Å². The van der Waals surface area contributed by atoms with E-state index in [2.05, 4.69) is 12.2 Å². The van der Waals surface area contributed by atoms with Gasteiger partial charge in [0.2, 0.25) is 5.91 Å². The van der Waals surface area contributed by atoms with Gasteiger partial charge in [-0.3, -0.25) is 19.8 Å². The molecule has 0 fully saturated rings. The molecular weight excluding hydrogens is 362 g/mol. The van der Waals surface area contributed by atoms with Crippen molar-refractivity contribution in [3.8, 4) is 0 Å². The van der Waals surface area contributed by atoms with Crippen molar-refractivity contribution in [1.29, 1.82) is 0 Å². The average molecular weight is 402 g/mol. The summed E-state index contributed by atoms with van der Waals surface area (Å²) in [5, 5.41) is 11.2. The zero-order valence-corrected chi connectivity index (χ0v) is 18.5. The minimum Gasteiger partial charge on any atom is -0.401 e. The van der Waals surface area contributed by atoms with E-state index in [1.165, 1.54) is 6.08 Å². The highest BCUT2D eigenvalue weighted by atomic mass is 16.5. The van der Waals surface area contributed by atoms with Crippen LogP contribution >= 0.6 is 0 Å². The molecule has 164 valence electrons. The van der Waals surface area contributed by atoms with E-state index in [0.29, 0.717) is 12.3 Å². The molecule has 8 nitrogen and oxygen atoms in total. The van der Waals surface area contributed by atoms with Gasteiger partial charge in [-0.05, 0) is 33.7 Å². The number of carbonyl (C=O) groups is 2. The van der Waals surface area contributed by atoms with Crippen molar-refractivity contribution in [3.63, 3.8) is 0 Å². The third kappa shape index (κ3) is 8.26. The van der Waals surface area contributed by atoms with Gasteiger partial charge in [0.05, 0.1) is 25.4 Å². The van der Waals surface area contributed by atoms with Gasteiger partial charge in [0.1, 0.15) is 0 Å². The van der Waals surface area contributed by atoms with Gasteiger partial charge in [0.15, 0.2) is 0 Å². The molecule has 0 aliphatic rings. The summed E-state index contributed by atoms with van der Waals surface area (Å²) in [6.45, 7) is 10.2. The van der Waals surface area contributed by atoms with Crippen molar-refractivity contribution in [3.05, 3.63) is 11.8 Å². The molecule has 0 aromatic rings. The molecule has 0 saturated carbocycles. The summed E-state index contributed by atoms with van der Waals surface area (Å²) in [6, 6.07) is 0.152. The summed E-state index contributed by atoms with van der Waals surface area (Å²) in [6.07, 6.45) is 2.88. The number of carbonyl (C=O) groups excluding carboxylic acids is 2. The Morgan fingerprint density at radius 3 is 2.36 bits per heavy atom. The number of nitrogens with zero attached hydrogens (tertiary/aromatic N) is 1. The maximum absolute atomic E-state index is 12.7. The first-order chi connectivity index (χ1) is 12.9. The number of aliphatic hydroxyl groups is 1. The van der Waals surface area contributed by atoms with Gasteiger partial charge in [0.25, 0.3) is 5.91 Å². The van der Waals surface area contributed by atoms with Crippen molar-refractivity contribution in [2.75, 3.05) is 40.6 Å². The number of hydrogen-bond acceptors (Lipinski definition) is 7. The maximum atomic E-state index is 12.7. The van der Waals surface area contributed by atoms with Gasteiger partial charge >= 0.3 is 0 Å². The van der Waals surface area contributed by atoms with Gasteiger partial charge < -0.3 is 20.3 Å². The fourth-order valence-electron chi connectivity index (χ4n) is 2.65. The lowest BCUT2D eigenvalue weighted by Gasteiger charge is -2.39. The van der Waals surface area contributed by atoms with E-state index < -0.39 is 22.8 Å². The molecule has 28 heavy (non-hydrogen) atoms. The number of likely N-dealkylation sites (N-methyl/N-ethyl adjacent to an activating group) is 1. The Labute approximate surface area is 169 Å². The summed E-state index contributed by atoms with van der Waals surface area (Å²) < 4.78 is 10.4. The molecule has 1 atom stereocenters. The van der Waals surface area contributed by atoms with Crippen molar-refractivity contribution < 1.29 is 24.2 Å². The summed E-state index contributed by atoms with van der Waals surface area (Å²) >= 11 is 0. The molecule has 0 aliphatic heterocycles. The van der Waals surface area contributed by atoms with Crippen LogP contribution in [0.3, 0.4) is 0 Å². The Morgan fingerprint density at radius 2 is 1.86 bits per heavy atom. The molecule has 1 unspecified atom stereocenters. The molecule has 0 aliphatic carbocycles. The minimum absolute atomic E-state index is 0.0829. The Morgan fingerprint density at radius 1 is 1.25 bits per heavy atom. The molecule has 0 aromatic heterocycles. The average Bonchev–Trinajstić information content (AvgIpc) is 2.61. The number of nitrogens with one attached hydrogen (secondary N) is 1. The smallest absolute Gasteiger partial charge is 0.252 e. The monoisotopic (exact) mass is 401 g/mol. The van der Waals surface area contributed by atoms with Crippen LogP contribution in [0.5, 0.6) is 0 Å². The molecule has 2 amide bonds. The van der Waals surface area contributed by atoms with Crippen molar-refractivity contribution >= 4 is 11.8 Å². The van der Waals surface area contributed by atoms with Crippen molar-refractivity contribution in [2.45, 2.75) is 59.0 Å². The summed E-state index contributed by atoms with van der Waals surface area (Å²) in [4.78, 5) is 27.0. The van der Waals surface area contributed by atoms with Gasteiger partial charge in [-0.2, -0.15) is 0 Å². The van der Waals surface area contributed by atoms with Crippen LogP contribution in [0.15, 0.2) is 11.8 Å². The van der Waals surface area contributed by atoms with Crippen LogP contribution in [0.4, 0.5) is 0 Å². The highest BCUT2D eigenvalue weighted by Gasteiger charge is 2.36. The fourth-order valence-corrected chi connectivity index (χ4v) is 2.65. The topological polar surface area (TPSA) is 114 Å². The van der Waals surface area contributed by atoms with Crippen LogP contribution in [0, 0.1) is 5.41 Å². The standard InChI is InChI=1S/C20H39N3O5/c1-8-15(9-11-27-7)23(6)20(4,5)18(26)22-17(25)13-16(21)19(2,3)14-28-12-10-24/h13,15,24H,8-12,14,21H2,1-7H3,(H,22,25,26). The Hall–Kier alpha value is -1.48. The summed E-state index contributed by atoms with van der Waals surface area (Å²) in [7, 11) is 3.52. The number of imide groups is 1. The van der Waals surface area contributed by atoms with Crippen LogP contribution in [0.2, 0.25) is 0 Å². The van der Waals surface area contributed by atoms with Gasteiger partial charge in [0, 0.05) is 36.9 Å². The van der Waals surface area contributed by atoms with Crippen molar-refractivity contribution in [2.24, 2.45) is 11.1 Å². The molecule has 0 saturated heterocycles. The molecule has 0 aromatic carbocycles. The van der Waals surface area contributed by atoms with Crippen LogP contribution in [-0.4, -0.2) is 74.0 Å². The van der Waals surface area contributed by atoms with Crippen LogP contribution in [0.25, 0.3) is 0 Å². The second-order valence-corrected chi connectivity index (χ2v) is 8.09. The van der Waals surface area contributed by atoms with Crippen LogP contribution in [-0.2, 0) is 19.1 Å². The highest BCUT2D eigenvalue weighted by Crippen LogP contribution is 2.23. The third-order valence-corrected chi connectivity index (χ3v) is 5.11. The number of nitrogens with two attached hydrogens (primary N) is 1. The molecule has 0 heterocycles. The van der Waals surface area contributed by atoms with Crippen molar-refractivity contribution in [1.82, 2.24) is 10.2 Å². The van der Waals surface area contributed by atoms with E-state index in [1.54, 1.807) is 21.0 Å². The Bertz CT molecular complexity index is 532. The lowest BCUT2D eigenvalue weighted by atomic mass is 9.90. The van der Waals surface area contributed by atoms with E-state index in [9.17, 15) is 9.59 Å². The van der Waals surface area contributed by atoms with E-state index in [1.807, 2.05) is 25.8 Å². The highest BCUT2D eigenvalue weighted by molar-refractivity contribution is 6.04. The van der Waals surface area contributed by atoms with Crippen LogP contribution in [0.1, 0.15) is 47.5 Å². The molecular formula is C20H39N3O5. The van der Waals surface area contributed by atoms with Gasteiger partial charge in [-0.1, -0.05) is 20.8 Å². The predicted molar refractivity (Wildman–Crippen MR) is 110 cm³/mol. The van der Waals surface area contributed by atoms with Gasteiger partial charge in [-0.15, -0.1) is 0 Å². The van der Waals surface area contributed by atoms with E-state index in [4.69, 9.17) is 20.3 Å². The maximum Gasteiger partial charge on any atom is 0.252 e. The number of rotatable bonds is 13. The number of ether oxygens (including phenoxy) is 2. The number of hydrogen-bond donors (Lipinski definition) is 3. The lowest BCUT2D eigenvalue weighted by molar-refractivity contribution is -0.136.